The van der Waals surface area contributed by atoms with Crippen LogP contribution in [0.1, 0.15) is 12.6 Å². The number of hydrogen-bond acceptors (Lipinski definition) is 6. The third-order valence-corrected chi connectivity index (χ3v) is 4.41. The van der Waals surface area contributed by atoms with Crippen molar-refractivity contribution in [2.45, 2.75) is 25.6 Å². The van der Waals surface area contributed by atoms with E-state index in [2.05, 4.69) is 17.0 Å². The predicted octanol–water partition coefficient (Wildman–Crippen LogP) is 1.98. The van der Waals surface area contributed by atoms with Crippen LogP contribution < -0.4 is 0 Å². The average Bonchev–Trinajstić information content (AvgIpc) is 3.12. The van der Waals surface area contributed by atoms with Crippen molar-refractivity contribution in [2.24, 2.45) is 0 Å². The van der Waals surface area contributed by atoms with Crippen molar-refractivity contribution in [2.75, 3.05) is 19.8 Å². The summed E-state index contributed by atoms with van der Waals surface area (Å²) in [7, 11) is 0. The van der Waals surface area contributed by atoms with E-state index >= 15 is 0 Å². The van der Waals surface area contributed by atoms with E-state index in [9.17, 15) is 5.11 Å². The number of ether oxygens (including phenoxy) is 1. The van der Waals surface area contributed by atoms with Gasteiger partial charge >= 0.3 is 0 Å². The molecule has 3 rings (SSSR count). The highest BCUT2D eigenvalue weighted by Crippen LogP contribution is 2.26. The van der Waals surface area contributed by atoms with Gasteiger partial charge in [0.2, 0.25) is 0 Å². The Labute approximate surface area is 121 Å². The summed E-state index contributed by atoms with van der Waals surface area (Å²) >= 11 is 1.64. The number of morpholine rings is 1. The largest absolute Gasteiger partial charge is 0.394 e. The van der Waals surface area contributed by atoms with E-state index in [1.54, 1.807) is 11.3 Å². The van der Waals surface area contributed by atoms with E-state index in [4.69, 9.17) is 9.26 Å². The zero-order valence-electron chi connectivity index (χ0n) is 11.4. The van der Waals surface area contributed by atoms with E-state index < -0.39 is 0 Å². The van der Waals surface area contributed by atoms with E-state index in [1.807, 2.05) is 23.6 Å². The van der Waals surface area contributed by atoms with Crippen LogP contribution in [0, 0.1) is 0 Å². The molecule has 20 heavy (non-hydrogen) atoms. The highest BCUT2D eigenvalue weighted by Gasteiger charge is 2.26. The molecule has 1 aliphatic heterocycles. The molecule has 3 heterocycles. The number of nitrogens with zero attached hydrogens (tertiary/aromatic N) is 2. The molecule has 1 fully saturated rings. The normalized spacial score (nSPS) is 24.1. The van der Waals surface area contributed by atoms with Crippen molar-refractivity contribution < 1.29 is 14.4 Å². The van der Waals surface area contributed by atoms with Gasteiger partial charge in [0.25, 0.3) is 0 Å². The Morgan fingerprint density at radius 1 is 1.55 bits per heavy atom. The Bertz CT molecular complexity index is 540. The number of rotatable bonds is 4. The highest BCUT2D eigenvalue weighted by molar-refractivity contribution is 7.13. The highest BCUT2D eigenvalue weighted by atomic mass is 32.1. The van der Waals surface area contributed by atoms with Crippen molar-refractivity contribution in [3.8, 4) is 10.6 Å². The topological polar surface area (TPSA) is 58.7 Å². The molecular weight excluding hydrogens is 276 g/mol. The van der Waals surface area contributed by atoms with Gasteiger partial charge in [0.15, 0.2) is 5.76 Å². The molecule has 0 aliphatic carbocycles. The van der Waals surface area contributed by atoms with E-state index in [-0.39, 0.29) is 12.7 Å². The molecule has 0 spiro atoms. The summed E-state index contributed by atoms with van der Waals surface area (Å²) < 4.78 is 10.9. The third kappa shape index (κ3) is 2.93. The van der Waals surface area contributed by atoms with Crippen LogP contribution in [0.25, 0.3) is 10.6 Å². The summed E-state index contributed by atoms with van der Waals surface area (Å²) in [6, 6.07) is 6.33. The maximum absolute atomic E-state index is 9.21. The molecule has 2 atom stereocenters. The van der Waals surface area contributed by atoms with Crippen molar-refractivity contribution in [3.05, 3.63) is 29.3 Å². The van der Waals surface area contributed by atoms with Gasteiger partial charge in [-0.3, -0.25) is 4.90 Å². The van der Waals surface area contributed by atoms with Crippen LogP contribution in [0.3, 0.4) is 0 Å². The number of aromatic nitrogens is 1. The smallest absolute Gasteiger partial charge is 0.177 e. The van der Waals surface area contributed by atoms with Gasteiger partial charge in [0.05, 0.1) is 29.9 Å². The molecule has 0 saturated carbocycles. The first kappa shape index (κ1) is 13.8. The molecule has 0 bridgehead atoms. The van der Waals surface area contributed by atoms with Crippen LogP contribution in [0.4, 0.5) is 0 Å². The molecule has 2 aromatic rings. The fourth-order valence-corrected chi connectivity index (χ4v) is 3.01. The first-order valence-electron chi connectivity index (χ1n) is 6.72. The first-order chi connectivity index (χ1) is 9.76. The monoisotopic (exact) mass is 294 g/mol. The summed E-state index contributed by atoms with van der Waals surface area (Å²) in [5.74, 6) is 0.814. The van der Waals surface area contributed by atoms with Gasteiger partial charge in [0.1, 0.15) is 0 Å². The van der Waals surface area contributed by atoms with Crippen molar-refractivity contribution >= 4 is 11.3 Å². The lowest BCUT2D eigenvalue weighted by Crippen LogP contribution is -2.48. The second kappa shape index (κ2) is 6.05. The van der Waals surface area contributed by atoms with Crippen molar-refractivity contribution in [3.63, 3.8) is 0 Å². The SMILES string of the molecule is CC1COC(CO)CN1Cc1cc(-c2cccs2)on1. The van der Waals surface area contributed by atoms with E-state index in [0.29, 0.717) is 12.6 Å². The molecule has 2 unspecified atom stereocenters. The van der Waals surface area contributed by atoms with Crippen LogP contribution in [0.15, 0.2) is 28.1 Å². The van der Waals surface area contributed by atoms with Crippen molar-refractivity contribution in [1.82, 2.24) is 10.1 Å². The first-order valence-corrected chi connectivity index (χ1v) is 7.60. The summed E-state index contributed by atoms with van der Waals surface area (Å²) in [5, 5.41) is 15.4. The minimum absolute atomic E-state index is 0.0580. The van der Waals surface area contributed by atoms with Gasteiger partial charge in [-0.05, 0) is 18.4 Å². The molecule has 0 aromatic carbocycles. The lowest BCUT2D eigenvalue weighted by molar-refractivity contribution is -0.0810. The molecular formula is C14H18N2O3S. The second-order valence-corrected chi connectivity index (χ2v) is 6.02. The fourth-order valence-electron chi connectivity index (χ4n) is 2.34. The summed E-state index contributed by atoms with van der Waals surface area (Å²) in [6.07, 6.45) is -0.102. The number of hydrogen-bond donors (Lipinski definition) is 1. The standard InChI is InChI=1S/C14H18N2O3S/c1-10-9-18-12(8-17)7-16(10)6-11-5-13(19-15-11)14-3-2-4-20-14/h2-5,10,12,17H,6-9H2,1H3. The lowest BCUT2D eigenvalue weighted by Gasteiger charge is -2.36. The number of thiophene rings is 1. The Hall–Kier alpha value is -1.21. The molecule has 2 aromatic heterocycles. The molecule has 5 nitrogen and oxygen atoms in total. The minimum Gasteiger partial charge on any atom is -0.394 e. The fraction of sp³-hybridized carbons (Fsp3) is 0.500. The Balaban J connectivity index is 1.68. The summed E-state index contributed by atoms with van der Waals surface area (Å²) in [5.41, 5.74) is 0.916. The van der Waals surface area contributed by atoms with E-state index in [0.717, 1.165) is 29.4 Å². The number of aliphatic hydroxyl groups is 1. The van der Waals surface area contributed by atoms with Crippen LogP contribution in [0.5, 0.6) is 0 Å². The Morgan fingerprint density at radius 3 is 3.20 bits per heavy atom. The third-order valence-electron chi connectivity index (χ3n) is 3.53. The molecule has 0 radical (unpaired) electrons. The van der Waals surface area contributed by atoms with Crippen LogP contribution >= 0.6 is 11.3 Å². The maximum atomic E-state index is 9.21. The summed E-state index contributed by atoms with van der Waals surface area (Å²) in [6.45, 7) is 4.26. The van der Waals surface area contributed by atoms with E-state index in [1.165, 1.54) is 0 Å². The van der Waals surface area contributed by atoms with Gasteiger partial charge in [-0.1, -0.05) is 11.2 Å². The molecule has 1 aliphatic rings. The van der Waals surface area contributed by atoms with Gasteiger partial charge in [-0.25, -0.2) is 0 Å². The Morgan fingerprint density at radius 2 is 2.45 bits per heavy atom. The van der Waals surface area contributed by atoms with Crippen molar-refractivity contribution in [1.29, 1.82) is 0 Å². The average molecular weight is 294 g/mol. The van der Waals surface area contributed by atoms with Crippen LogP contribution in [-0.2, 0) is 11.3 Å². The quantitative estimate of drug-likeness (QED) is 0.934. The van der Waals surface area contributed by atoms with Crippen LogP contribution in [0.2, 0.25) is 0 Å². The predicted molar refractivity (Wildman–Crippen MR) is 76.5 cm³/mol. The molecule has 6 heteroatoms. The van der Waals surface area contributed by atoms with Gasteiger partial charge in [0, 0.05) is 25.2 Å². The maximum Gasteiger partial charge on any atom is 0.177 e. The molecule has 108 valence electrons. The second-order valence-electron chi connectivity index (χ2n) is 5.08. The zero-order chi connectivity index (χ0) is 13.9. The number of aliphatic hydroxyl groups excluding tert-OH is 1. The minimum atomic E-state index is -0.102. The van der Waals surface area contributed by atoms with Gasteiger partial charge < -0.3 is 14.4 Å². The lowest BCUT2D eigenvalue weighted by atomic mass is 10.2. The van der Waals surface area contributed by atoms with Crippen LogP contribution in [-0.4, -0.2) is 47.1 Å². The molecule has 1 saturated heterocycles. The molecule has 0 amide bonds. The van der Waals surface area contributed by atoms with Gasteiger partial charge in [-0.15, -0.1) is 11.3 Å². The zero-order valence-corrected chi connectivity index (χ0v) is 12.2. The Kier molecular flexibility index (Phi) is 4.16. The summed E-state index contributed by atoms with van der Waals surface area (Å²) in [4.78, 5) is 3.35. The molecule has 1 N–H and O–H groups in total. The van der Waals surface area contributed by atoms with Gasteiger partial charge in [-0.2, -0.15) is 0 Å².